The summed E-state index contributed by atoms with van der Waals surface area (Å²) in [7, 11) is 1.32. The minimum absolute atomic E-state index is 0.0964. The fourth-order valence-electron chi connectivity index (χ4n) is 0.968. The van der Waals surface area contributed by atoms with Crippen molar-refractivity contribution < 1.29 is 14.3 Å². The number of rotatable bonds is 3. The zero-order valence-electron chi connectivity index (χ0n) is 8.24. The highest BCUT2D eigenvalue weighted by molar-refractivity contribution is 5.71. The molecule has 0 fully saturated rings. The molecule has 0 unspecified atom stereocenters. The topological polar surface area (TPSA) is 61.5 Å². The van der Waals surface area contributed by atoms with Gasteiger partial charge in [-0.25, -0.2) is 4.79 Å². The number of aryl methyl sites for hydroxylation is 1. The number of nitrogens with two attached hydrogens (primary N) is 1. The largest absolute Gasteiger partial charge is 0.482 e. The molecular formula is C10H13NO3. The van der Waals surface area contributed by atoms with E-state index in [1.807, 2.05) is 13.0 Å². The van der Waals surface area contributed by atoms with Crippen LogP contribution in [0.2, 0.25) is 0 Å². The van der Waals surface area contributed by atoms with Gasteiger partial charge in [0.25, 0.3) is 0 Å². The second-order valence-electron chi connectivity index (χ2n) is 2.89. The second-order valence-corrected chi connectivity index (χ2v) is 2.89. The number of benzene rings is 1. The second kappa shape index (κ2) is 4.50. The standard InChI is InChI=1S/C10H13NO3/c1-7-3-4-8(11)5-9(7)14-6-10(12)13-2/h3-5H,6,11H2,1-2H3. The van der Waals surface area contributed by atoms with Gasteiger partial charge in [-0.15, -0.1) is 0 Å². The molecule has 2 N–H and O–H groups in total. The minimum Gasteiger partial charge on any atom is -0.482 e. The number of ether oxygens (including phenoxy) is 2. The molecule has 0 radical (unpaired) electrons. The van der Waals surface area contributed by atoms with Crippen LogP contribution in [0.4, 0.5) is 5.69 Å². The van der Waals surface area contributed by atoms with Gasteiger partial charge in [-0.2, -0.15) is 0 Å². The molecule has 1 aromatic rings. The van der Waals surface area contributed by atoms with E-state index < -0.39 is 5.97 Å². The van der Waals surface area contributed by atoms with Crippen molar-refractivity contribution in [2.24, 2.45) is 0 Å². The fourth-order valence-corrected chi connectivity index (χ4v) is 0.968. The third-order valence-corrected chi connectivity index (χ3v) is 1.79. The minimum atomic E-state index is -0.410. The summed E-state index contributed by atoms with van der Waals surface area (Å²) >= 11 is 0. The molecule has 0 bridgehead atoms. The van der Waals surface area contributed by atoms with Crippen molar-refractivity contribution in [2.75, 3.05) is 19.5 Å². The Labute approximate surface area is 82.6 Å². The number of anilines is 1. The van der Waals surface area contributed by atoms with E-state index in [2.05, 4.69) is 4.74 Å². The Kier molecular flexibility index (Phi) is 3.34. The van der Waals surface area contributed by atoms with E-state index in [-0.39, 0.29) is 6.61 Å². The van der Waals surface area contributed by atoms with Crippen LogP contribution in [0.15, 0.2) is 18.2 Å². The molecule has 0 heterocycles. The number of nitrogen functional groups attached to an aromatic ring is 1. The molecular weight excluding hydrogens is 182 g/mol. The summed E-state index contributed by atoms with van der Waals surface area (Å²) in [5, 5.41) is 0. The van der Waals surface area contributed by atoms with Gasteiger partial charge in [-0.1, -0.05) is 6.07 Å². The lowest BCUT2D eigenvalue weighted by molar-refractivity contribution is -0.142. The van der Waals surface area contributed by atoms with Crippen molar-refractivity contribution in [3.05, 3.63) is 23.8 Å². The van der Waals surface area contributed by atoms with Crippen LogP contribution in [-0.4, -0.2) is 19.7 Å². The number of carbonyl (C=O) groups is 1. The molecule has 0 aliphatic carbocycles. The van der Waals surface area contributed by atoms with Gasteiger partial charge in [-0.3, -0.25) is 0 Å². The van der Waals surface area contributed by atoms with Gasteiger partial charge in [0.1, 0.15) is 5.75 Å². The van der Waals surface area contributed by atoms with Crippen molar-refractivity contribution in [1.29, 1.82) is 0 Å². The Bertz CT molecular complexity index is 336. The number of esters is 1. The molecule has 0 aliphatic rings. The normalized spacial score (nSPS) is 9.57. The van der Waals surface area contributed by atoms with Crippen LogP contribution in [0.5, 0.6) is 5.75 Å². The van der Waals surface area contributed by atoms with Crippen molar-refractivity contribution in [3.8, 4) is 5.75 Å². The summed E-state index contributed by atoms with van der Waals surface area (Å²) in [6.45, 7) is 1.78. The van der Waals surface area contributed by atoms with Crippen LogP contribution in [0, 0.1) is 6.92 Å². The molecule has 0 amide bonds. The highest BCUT2D eigenvalue weighted by Gasteiger charge is 2.04. The predicted molar refractivity (Wildman–Crippen MR) is 53.1 cm³/mol. The van der Waals surface area contributed by atoms with E-state index in [4.69, 9.17) is 10.5 Å². The van der Waals surface area contributed by atoms with E-state index in [0.717, 1.165) is 5.56 Å². The molecule has 0 atom stereocenters. The third kappa shape index (κ3) is 2.65. The Morgan fingerprint density at radius 2 is 2.21 bits per heavy atom. The molecule has 76 valence electrons. The lowest BCUT2D eigenvalue weighted by Gasteiger charge is -2.08. The molecule has 4 heteroatoms. The molecule has 0 saturated heterocycles. The highest BCUT2D eigenvalue weighted by Crippen LogP contribution is 2.20. The van der Waals surface area contributed by atoms with Crippen LogP contribution < -0.4 is 10.5 Å². The smallest absolute Gasteiger partial charge is 0.343 e. The van der Waals surface area contributed by atoms with Crippen LogP contribution >= 0.6 is 0 Å². The zero-order chi connectivity index (χ0) is 10.6. The first-order valence-electron chi connectivity index (χ1n) is 4.19. The summed E-state index contributed by atoms with van der Waals surface area (Å²) in [5.41, 5.74) is 7.11. The molecule has 0 aliphatic heterocycles. The molecule has 1 rings (SSSR count). The summed E-state index contributed by atoms with van der Waals surface area (Å²) in [6.07, 6.45) is 0. The van der Waals surface area contributed by atoms with Crippen LogP contribution in [0.3, 0.4) is 0 Å². The lowest BCUT2D eigenvalue weighted by atomic mass is 10.2. The summed E-state index contributed by atoms with van der Waals surface area (Å²) in [4.78, 5) is 10.8. The van der Waals surface area contributed by atoms with Gasteiger partial charge in [0.15, 0.2) is 6.61 Å². The number of hydrogen-bond acceptors (Lipinski definition) is 4. The predicted octanol–water partition coefficient (Wildman–Crippen LogP) is 1.13. The van der Waals surface area contributed by atoms with E-state index in [9.17, 15) is 4.79 Å². The zero-order valence-corrected chi connectivity index (χ0v) is 8.24. The van der Waals surface area contributed by atoms with Crippen molar-refractivity contribution in [2.45, 2.75) is 6.92 Å². The van der Waals surface area contributed by atoms with Gasteiger partial charge in [-0.05, 0) is 18.6 Å². The first-order valence-corrected chi connectivity index (χ1v) is 4.19. The molecule has 14 heavy (non-hydrogen) atoms. The number of hydrogen-bond donors (Lipinski definition) is 1. The SMILES string of the molecule is COC(=O)COc1cc(N)ccc1C. The Morgan fingerprint density at radius 1 is 1.50 bits per heavy atom. The van der Waals surface area contributed by atoms with Gasteiger partial charge in [0.2, 0.25) is 0 Å². The molecule has 1 aromatic carbocycles. The monoisotopic (exact) mass is 195 g/mol. The maximum Gasteiger partial charge on any atom is 0.343 e. The van der Waals surface area contributed by atoms with E-state index >= 15 is 0 Å². The van der Waals surface area contributed by atoms with E-state index in [1.54, 1.807) is 12.1 Å². The van der Waals surface area contributed by atoms with E-state index in [1.165, 1.54) is 7.11 Å². The fraction of sp³-hybridized carbons (Fsp3) is 0.300. The van der Waals surface area contributed by atoms with Crippen molar-refractivity contribution in [1.82, 2.24) is 0 Å². The van der Waals surface area contributed by atoms with Gasteiger partial charge < -0.3 is 15.2 Å². The van der Waals surface area contributed by atoms with Gasteiger partial charge >= 0.3 is 5.97 Å². The summed E-state index contributed by atoms with van der Waals surface area (Å²) < 4.78 is 9.66. The molecule has 0 spiro atoms. The average molecular weight is 195 g/mol. The van der Waals surface area contributed by atoms with E-state index in [0.29, 0.717) is 11.4 Å². The molecule has 4 nitrogen and oxygen atoms in total. The first-order chi connectivity index (χ1) is 6.63. The quantitative estimate of drug-likeness (QED) is 0.580. The number of methoxy groups -OCH3 is 1. The van der Waals surface area contributed by atoms with Gasteiger partial charge in [0.05, 0.1) is 7.11 Å². The Balaban J connectivity index is 2.66. The maximum absolute atomic E-state index is 10.8. The highest BCUT2D eigenvalue weighted by atomic mass is 16.6. The van der Waals surface area contributed by atoms with Crippen LogP contribution in [-0.2, 0) is 9.53 Å². The maximum atomic E-state index is 10.8. The lowest BCUT2D eigenvalue weighted by Crippen LogP contribution is -2.13. The van der Waals surface area contributed by atoms with Crippen molar-refractivity contribution >= 4 is 11.7 Å². The molecule has 0 saturated carbocycles. The summed E-state index contributed by atoms with van der Waals surface area (Å²) in [5.74, 6) is 0.197. The van der Waals surface area contributed by atoms with Crippen LogP contribution in [0.25, 0.3) is 0 Å². The first kappa shape index (κ1) is 10.4. The van der Waals surface area contributed by atoms with Gasteiger partial charge in [0, 0.05) is 11.8 Å². The third-order valence-electron chi connectivity index (χ3n) is 1.79. The Hall–Kier alpha value is -1.71. The number of carbonyl (C=O) groups excluding carboxylic acids is 1. The van der Waals surface area contributed by atoms with Crippen LogP contribution in [0.1, 0.15) is 5.56 Å². The average Bonchev–Trinajstić information content (AvgIpc) is 2.19. The summed E-state index contributed by atoms with van der Waals surface area (Å²) in [6, 6.07) is 5.29. The Morgan fingerprint density at radius 3 is 2.86 bits per heavy atom. The molecule has 0 aromatic heterocycles. The van der Waals surface area contributed by atoms with Crippen molar-refractivity contribution in [3.63, 3.8) is 0 Å².